The van der Waals surface area contributed by atoms with Gasteiger partial charge in [-0.2, -0.15) is 23.3 Å². The number of fused-ring (bicyclic) bond motifs is 1. The molecule has 0 spiro atoms. The Kier molecular flexibility index (Phi) is 6.92. The quantitative estimate of drug-likeness (QED) is 0.407. The van der Waals surface area contributed by atoms with Crippen molar-refractivity contribution < 1.29 is 37.5 Å². The number of nitrogens with one attached hydrogen (secondary N) is 2. The fourth-order valence-electron chi connectivity index (χ4n) is 2.08. The molecule has 116 valence electrons. The number of aromatic nitrogens is 2. The third kappa shape index (κ3) is 4.22. The Morgan fingerprint density at radius 2 is 2.00 bits per heavy atom. The third-order valence-electron chi connectivity index (χ3n) is 3.27. The molecule has 3 aromatic rings. The summed E-state index contributed by atoms with van der Waals surface area (Å²) in [7, 11) is 0. The molecule has 0 aliphatic heterocycles. The second kappa shape index (κ2) is 8.51. The Bertz CT molecular complexity index is 944. The van der Waals surface area contributed by atoms with Gasteiger partial charge in [0.15, 0.2) is 11.1 Å². The van der Waals surface area contributed by atoms with Gasteiger partial charge in [0, 0.05) is 11.6 Å². The van der Waals surface area contributed by atoms with Crippen molar-refractivity contribution in [2.75, 3.05) is 0 Å². The minimum Gasteiger partial charge on any atom is -0.346 e. The van der Waals surface area contributed by atoms with Crippen molar-refractivity contribution in [3.63, 3.8) is 0 Å². The molecule has 1 heterocycles. The molecule has 0 radical (unpaired) electrons. The molecular weight excluding hydrogens is 517 g/mol. The number of halogens is 2. The van der Waals surface area contributed by atoms with Gasteiger partial charge >= 0.3 is 32.7 Å². The average Bonchev–Trinajstić information content (AvgIpc) is 2.55. The van der Waals surface area contributed by atoms with Gasteiger partial charge in [0.1, 0.15) is 0 Å². The molecule has 0 aliphatic rings. The van der Waals surface area contributed by atoms with Crippen molar-refractivity contribution in [3.05, 3.63) is 72.5 Å². The summed E-state index contributed by atoms with van der Waals surface area (Å²) in [5, 5.41) is 10.4. The van der Waals surface area contributed by atoms with Crippen LogP contribution >= 0.6 is 34.2 Å². The van der Waals surface area contributed by atoms with Gasteiger partial charge in [-0.25, -0.2) is 0 Å². The summed E-state index contributed by atoms with van der Waals surface area (Å²) < 4.78 is 0.817. The Morgan fingerprint density at radius 1 is 1.29 bits per heavy atom. The zero-order valence-electron chi connectivity index (χ0n) is 12.3. The van der Waals surface area contributed by atoms with Gasteiger partial charge in [0.25, 0.3) is 5.91 Å². The Balaban J connectivity index is 0.00000208. The van der Waals surface area contributed by atoms with E-state index < -0.39 is 11.3 Å². The largest absolute Gasteiger partial charge is 3.00 e. The Labute approximate surface area is 181 Å². The molecule has 8 heteroatoms. The minimum absolute atomic E-state index is 0. The van der Waals surface area contributed by atoms with Crippen molar-refractivity contribution >= 4 is 51.0 Å². The van der Waals surface area contributed by atoms with Gasteiger partial charge in [0.2, 0.25) is 0 Å². The van der Waals surface area contributed by atoms with E-state index in [0.717, 1.165) is 9.13 Å². The van der Waals surface area contributed by atoms with E-state index in [1.54, 1.807) is 36.4 Å². The van der Waals surface area contributed by atoms with Gasteiger partial charge in [-0.05, 0) is 23.2 Å². The molecular formula is C16H10ClIN3O2Y+2. The van der Waals surface area contributed by atoms with Gasteiger partial charge < -0.3 is 15.2 Å². The number of benzene rings is 2. The van der Waals surface area contributed by atoms with Crippen LogP contribution in [0, 0.1) is 9.64 Å². The van der Waals surface area contributed by atoms with E-state index in [1.807, 2.05) is 0 Å². The van der Waals surface area contributed by atoms with Gasteiger partial charge in [-0.15, -0.1) is 22.6 Å². The first kappa shape index (κ1) is 19.5. The molecule has 0 atom stereocenters. The SMILES string of the molecule is O=C(NCc1ccc(Cl)cc1)c1n[nH]c2c(I)c[c-]cc2c1=O.[Y+3]. The van der Waals surface area contributed by atoms with Gasteiger partial charge in [0.05, 0.1) is 0 Å². The zero-order chi connectivity index (χ0) is 16.4. The van der Waals surface area contributed by atoms with Crippen molar-refractivity contribution in [1.82, 2.24) is 15.5 Å². The van der Waals surface area contributed by atoms with E-state index in [9.17, 15) is 9.59 Å². The molecule has 0 unspecified atom stereocenters. The first-order chi connectivity index (χ1) is 11.1. The second-order valence-corrected chi connectivity index (χ2v) is 6.40. The normalized spacial score (nSPS) is 10.2. The van der Waals surface area contributed by atoms with E-state index in [2.05, 4.69) is 44.2 Å². The smallest absolute Gasteiger partial charge is 0.346 e. The molecule has 1 aromatic heterocycles. The number of nitrogens with zero attached hydrogens (tertiary/aromatic N) is 1. The van der Waals surface area contributed by atoms with Crippen molar-refractivity contribution in [3.8, 4) is 0 Å². The van der Waals surface area contributed by atoms with E-state index >= 15 is 0 Å². The molecule has 0 bridgehead atoms. The maximum atomic E-state index is 12.4. The van der Waals surface area contributed by atoms with E-state index in [1.165, 1.54) is 0 Å². The Hall–Kier alpha value is -0.826. The molecule has 0 fully saturated rings. The molecule has 24 heavy (non-hydrogen) atoms. The summed E-state index contributed by atoms with van der Waals surface area (Å²) in [4.78, 5) is 24.6. The third-order valence-corrected chi connectivity index (χ3v) is 4.37. The van der Waals surface area contributed by atoms with Crippen LogP contribution < -0.4 is 10.7 Å². The minimum atomic E-state index is -0.526. The van der Waals surface area contributed by atoms with Crippen LogP contribution in [0.1, 0.15) is 16.1 Å². The van der Waals surface area contributed by atoms with Crippen LogP contribution in [0.25, 0.3) is 10.9 Å². The van der Waals surface area contributed by atoms with Crippen molar-refractivity contribution in [2.24, 2.45) is 0 Å². The molecule has 2 N–H and O–H groups in total. The summed E-state index contributed by atoms with van der Waals surface area (Å²) in [6.07, 6.45) is 0. The standard InChI is InChI=1S/C16H10ClIN3O2.Y/c17-10-6-4-9(5-7-10)8-19-16(23)14-15(22)11-2-1-3-12(18)13(11)20-21-14;/h2-7H,8H2,(H,19,23)(H,20,22);/q-1;+3. The zero-order valence-corrected chi connectivity index (χ0v) is 18.0. The average molecular weight is 528 g/mol. The maximum absolute atomic E-state index is 12.4. The first-order valence-corrected chi connectivity index (χ1v) is 8.12. The van der Waals surface area contributed by atoms with Crippen LogP contribution in [-0.2, 0) is 39.3 Å². The second-order valence-electron chi connectivity index (χ2n) is 4.80. The number of hydrogen-bond acceptors (Lipinski definition) is 3. The topological polar surface area (TPSA) is 74.8 Å². The number of aromatic amines is 1. The van der Waals surface area contributed by atoms with Crippen LogP contribution in [0.15, 0.2) is 41.2 Å². The number of H-pyrrole nitrogens is 1. The molecule has 3 rings (SSSR count). The van der Waals surface area contributed by atoms with Gasteiger partial charge in [-0.1, -0.05) is 32.7 Å². The van der Waals surface area contributed by atoms with Gasteiger partial charge in [-0.3, -0.25) is 4.79 Å². The van der Waals surface area contributed by atoms with Crippen LogP contribution in [0.4, 0.5) is 0 Å². The summed E-state index contributed by atoms with van der Waals surface area (Å²) in [6.45, 7) is 0.285. The first-order valence-electron chi connectivity index (χ1n) is 6.67. The fraction of sp³-hybridized carbons (Fsp3) is 0.0625. The summed E-state index contributed by atoms with van der Waals surface area (Å²) >= 11 is 7.89. The van der Waals surface area contributed by atoms with Crippen LogP contribution in [0.3, 0.4) is 0 Å². The van der Waals surface area contributed by atoms with Crippen LogP contribution in [-0.4, -0.2) is 16.1 Å². The summed E-state index contributed by atoms with van der Waals surface area (Å²) in [5.74, 6) is -0.526. The molecule has 5 nitrogen and oxygen atoms in total. The number of hydrogen-bond donors (Lipinski definition) is 2. The number of rotatable bonds is 3. The Morgan fingerprint density at radius 3 is 2.71 bits per heavy atom. The monoisotopic (exact) mass is 527 g/mol. The number of carbonyl (C=O) groups is 1. The van der Waals surface area contributed by atoms with E-state index in [4.69, 9.17) is 11.6 Å². The molecule has 2 aromatic carbocycles. The van der Waals surface area contributed by atoms with Crippen LogP contribution in [0.5, 0.6) is 0 Å². The molecule has 0 saturated carbocycles. The summed E-state index contributed by atoms with van der Waals surface area (Å²) in [6, 6.07) is 13.2. The molecule has 0 aliphatic carbocycles. The van der Waals surface area contributed by atoms with E-state index in [0.29, 0.717) is 15.9 Å². The number of carbonyl (C=O) groups excluding carboxylic acids is 1. The fourth-order valence-corrected chi connectivity index (χ4v) is 2.79. The van der Waals surface area contributed by atoms with Crippen molar-refractivity contribution in [1.29, 1.82) is 0 Å². The molecule has 1 amide bonds. The summed E-state index contributed by atoms with van der Waals surface area (Å²) in [5.41, 5.74) is 0.899. The number of amides is 1. The predicted molar refractivity (Wildman–Crippen MR) is 96.5 cm³/mol. The van der Waals surface area contributed by atoms with Crippen molar-refractivity contribution in [2.45, 2.75) is 6.54 Å². The maximum Gasteiger partial charge on any atom is 3.00 e. The predicted octanol–water partition coefficient (Wildman–Crippen LogP) is 2.91. The van der Waals surface area contributed by atoms with Crippen LogP contribution in [0.2, 0.25) is 5.02 Å². The van der Waals surface area contributed by atoms with E-state index in [-0.39, 0.29) is 44.9 Å². The molecule has 0 saturated heterocycles.